The van der Waals surface area contributed by atoms with Crippen molar-refractivity contribution in [3.8, 4) is 0 Å². The molecule has 1 unspecified atom stereocenters. The molecule has 156 valence electrons. The van der Waals surface area contributed by atoms with Gasteiger partial charge in [0.1, 0.15) is 0 Å². The van der Waals surface area contributed by atoms with Gasteiger partial charge >= 0.3 is 0 Å². The largest absolute Gasteiger partial charge is 0.357 e. The molecule has 1 aromatic rings. The molecule has 1 fully saturated rings. The molecule has 0 aromatic carbocycles. The van der Waals surface area contributed by atoms with Crippen molar-refractivity contribution in [3.63, 3.8) is 0 Å². The van der Waals surface area contributed by atoms with Crippen LogP contribution in [0.3, 0.4) is 0 Å². The normalized spacial score (nSPS) is 18.3. The topological polar surface area (TPSA) is 57.5 Å². The Morgan fingerprint density at radius 3 is 2.63 bits per heavy atom. The van der Waals surface area contributed by atoms with Crippen molar-refractivity contribution >= 4 is 29.9 Å². The van der Waals surface area contributed by atoms with Gasteiger partial charge in [0.05, 0.1) is 12.2 Å². The Bertz CT molecular complexity index is 583. The molecule has 1 aromatic heterocycles. The third kappa shape index (κ3) is 7.25. The molecule has 1 saturated heterocycles. The summed E-state index contributed by atoms with van der Waals surface area (Å²) >= 11 is 0. The Balaban J connectivity index is 0.00000364. The highest BCUT2D eigenvalue weighted by molar-refractivity contribution is 14.0. The van der Waals surface area contributed by atoms with E-state index in [1.807, 2.05) is 11.7 Å². The number of aryl methyl sites for hydroxylation is 2. The summed E-state index contributed by atoms with van der Waals surface area (Å²) in [6.07, 6.45) is 6.30. The van der Waals surface area contributed by atoms with Crippen LogP contribution in [0.25, 0.3) is 0 Å². The lowest BCUT2D eigenvalue weighted by atomic mass is 10.0. The Morgan fingerprint density at radius 1 is 1.22 bits per heavy atom. The van der Waals surface area contributed by atoms with E-state index in [4.69, 9.17) is 4.99 Å². The second-order valence-electron chi connectivity index (χ2n) is 7.30. The molecule has 2 rings (SSSR count). The minimum atomic E-state index is 0. The van der Waals surface area contributed by atoms with Gasteiger partial charge in [-0.15, -0.1) is 24.0 Å². The summed E-state index contributed by atoms with van der Waals surface area (Å²) in [7, 11) is 2.01. The van der Waals surface area contributed by atoms with Crippen LogP contribution < -0.4 is 10.6 Å². The SMILES string of the molecule is CCNC(=NCCN1CCCCC1CC)NCCc1c(C)nn(C)c1C.I. The van der Waals surface area contributed by atoms with Crippen molar-refractivity contribution in [2.24, 2.45) is 12.0 Å². The molecule has 1 aliphatic rings. The average molecular weight is 490 g/mol. The van der Waals surface area contributed by atoms with Gasteiger partial charge in [0.25, 0.3) is 0 Å². The first kappa shape index (κ1) is 24.2. The number of nitrogens with one attached hydrogen (secondary N) is 2. The Kier molecular flexibility index (Phi) is 11.3. The third-order valence-electron chi connectivity index (χ3n) is 5.55. The van der Waals surface area contributed by atoms with E-state index >= 15 is 0 Å². The van der Waals surface area contributed by atoms with Gasteiger partial charge in [-0.1, -0.05) is 13.3 Å². The van der Waals surface area contributed by atoms with Gasteiger partial charge in [-0.25, -0.2) is 0 Å². The van der Waals surface area contributed by atoms with Crippen molar-refractivity contribution in [3.05, 3.63) is 17.0 Å². The molecule has 0 radical (unpaired) electrons. The zero-order valence-electron chi connectivity index (χ0n) is 17.8. The summed E-state index contributed by atoms with van der Waals surface area (Å²) in [5.41, 5.74) is 3.72. The molecular weight excluding hydrogens is 451 g/mol. The quantitative estimate of drug-likeness (QED) is 0.334. The van der Waals surface area contributed by atoms with Crippen molar-refractivity contribution in [2.75, 3.05) is 32.7 Å². The van der Waals surface area contributed by atoms with Crippen LogP contribution >= 0.6 is 24.0 Å². The van der Waals surface area contributed by atoms with E-state index < -0.39 is 0 Å². The average Bonchev–Trinajstić information content (AvgIpc) is 2.88. The second-order valence-corrected chi connectivity index (χ2v) is 7.30. The summed E-state index contributed by atoms with van der Waals surface area (Å²) in [5.74, 6) is 0.928. The molecule has 2 N–H and O–H groups in total. The first-order valence-corrected chi connectivity index (χ1v) is 10.3. The van der Waals surface area contributed by atoms with Crippen LogP contribution in [0.15, 0.2) is 4.99 Å². The summed E-state index contributed by atoms with van der Waals surface area (Å²) in [4.78, 5) is 7.41. The molecule has 0 spiro atoms. The maximum atomic E-state index is 4.79. The van der Waals surface area contributed by atoms with Gasteiger partial charge in [0, 0.05) is 38.4 Å². The predicted molar refractivity (Wildman–Crippen MR) is 125 cm³/mol. The van der Waals surface area contributed by atoms with Gasteiger partial charge in [0.15, 0.2) is 5.96 Å². The number of hydrogen-bond donors (Lipinski definition) is 2. The molecular formula is C20H39IN6. The highest BCUT2D eigenvalue weighted by Gasteiger charge is 2.19. The molecule has 1 aliphatic heterocycles. The van der Waals surface area contributed by atoms with Crippen LogP contribution in [0.4, 0.5) is 0 Å². The molecule has 0 amide bonds. The lowest BCUT2D eigenvalue weighted by Gasteiger charge is -2.34. The fourth-order valence-electron chi connectivity index (χ4n) is 3.93. The van der Waals surface area contributed by atoms with Crippen LogP contribution in [0, 0.1) is 13.8 Å². The van der Waals surface area contributed by atoms with Crippen LogP contribution in [0.5, 0.6) is 0 Å². The standard InChI is InChI=1S/C20H38N6.HI/c1-6-18-10-8-9-14-26(18)15-13-23-20(21-7-2)22-12-11-19-16(3)24-25(5)17(19)4;/h18H,6-15H2,1-5H3,(H2,21,22,23);1H. The van der Waals surface area contributed by atoms with E-state index in [1.54, 1.807) is 0 Å². The van der Waals surface area contributed by atoms with Crippen molar-refractivity contribution in [2.45, 2.75) is 65.8 Å². The van der Waals surface area contributed by atoms with Crippen LogP contribution in [-0.2, 0) is 13.5 Å². The number of rotatable bonds is 8. The highest BCUT2D eigenvalue weighted by atomic mass is 127. The maximum absolute atomic E-state index is 4.79. The minimum absolute atomic E-state index is 0. The van der Waals surface area contributed by atoms with E-state index in [-0.39, 0.29) is 24.0 Å². The summed E-state index contributed by atoms with van der Waals surface area (Å²) in [6.45, 7) is 13.6. The summed E-state index contributed by atoms with van der Waals surface area (Å²) in [5, 5.41) is 11.3. The first-order valence-electron chi connectivity index (χ1n) is 10.3. The molecule has 6 nitrogen and oxygen atoms in total. The number of aliphatic imine (C=N–C) groups is 1. The lowest BCUT2D eigenvalue weighted by Crippen LogP contribution is -2.42. The van der Waals surface area contributed by atoms with E-state index in [2.05, 4.69) is 48.3 Å². The van der Waals surface area contributed by atoms with E-state index in [0.717, 1.165) is 50.3 Å². The zero-order valence-corrected chi connectivity index (χ0v) is 20.2. The van der Waals surface area contributed by atoms with E-state index in [9.17, 15) is 0 Å². The third-order valence-corrected chi connectivity index (χ3v) is 5.55. The fraction of sp³-hybridized carbons (Fsp3) is 0.800. The summed E-state index contributed by atoms with van der Waals surface area (Å²) in [6, 6.07) is 0.756. The molecule has 1 atom stereocenters. The molecule has 2 heterocycles. The Labute approximate surface area is 182 Å². The van der Waals surface area contributed by atoms with Gasteiger partial charge in [0.2, 0.25) is 0 Å². The number of nitrogens with zero attached hydrogens (tertiary/aromatic N) is 4. The van der Waals surface area contributed by atoms with E-state index in [1.165, 1.54) is 43.5 Å². The number of likely N-dealkylation sites (tertiary alicyclic amines) is 1. The zero-order chi connectivity index (χ0) is 18.9. The molecule has 0 saturated carbocycles. The number of piperidine rings is 1. The van der Waals surface area contributed by atoms with Gasteiger partial charge in [-0.2, -0.15) is 5.10 Å². The van der Waals surface area contributed by atoms with Crippen molar-refractivity contribution in [1.82, 2.24) is 25.3 Å². The Morgan fingerprint density at radius 2 is 2.00 bits per heavy atom. The molecule has 0 bridgehead atoms. The second kappa shape index (κ2) is 12.6. The van der Waals surface area contributed by atoms with Crippen molar-refractivity contribution in [1.29, 1.82) is 0 Å². The lowest BCUT2D eigenvalue weighted by molar-refractivity contribution is 0.148. The highest BCUT2D eigenvalue weighted by Crippen LogP contribution is 2.18. The predicted octanol–water partition coefficient (Wildman–Crippen LogP) is 3.02. The number of guanidine groups is 1. The van der Waals surface area contributed by atoms with Gasteiger partial charge in [-0.3, -0.25) is 14.6 Å². The number of halogens is 1. The smallest absolute Gasteiger partial charge is 0.191 e. The van der Waals surface area contributed by atoms with Crippen LogP contribution in [0.1, 0.15) is 56.5 Å². The minimum Gasteiger partial charge on any atom is -0.357 e. The molecule has 7 heteroatoms. The van der Waals surface area contributed by atoms with Crippen LogP contribution in [-0.4, -0.2) is 59.4 Å². The van der Waals surface area contributed by atoms with E-state index in [0.29, 0.717) is 0 Å². The number of hydrogen-bond acceptors (Lipinski definition) is 3. The van der Waals surface area contributed by atoms with Gasteiger partial charge < -0.3 is 10.6 Å². The monoisotopic (exact) mass is 490 g/mol. The summed E-state index contributed by atoms with van der Waals surface area (Å²) < 4.78 is 1.97. The maximum Gasteiger partial charge on any atom is 0.191 e. The first-order chi connectivity index (χ1) is 12.6. The number of aromatic nitrogens is 2. The van der Waals surface area contributed by atoms with Gasteiger partial charge in [-0.05, 0) is 58.6 Å². The van der Waals surface area contributed by atoms with Crippen LogP contribution in [0.2, 0.25) is 0 Å². The van der Waals surface area contributed by atoms with Crippen molar-refractivity contribution < 1.29 is 0 Å². The fourth-order valence-corrected chi connectivity index (χ4v) is 3.93. The molecule has 0 aliphatic carbocycles. The Hall–Kier alpha value is -0.830. The molecule has 27 heavy (non-hydrogen) atoms.